The largest absolute Gasteiger partial charge is 0.477 e. The minimum atomic E-state index is -0.467. The van der Waals surface area contributed by atoms with E-state index >= 15 is 0 Å². The molecule has 1 aliphatic rings. The number of nitrogens with one attached hydrogen (secondary N) is 2. The molecule has 1 atom stereocenters. The van der Waals surface area contributed by atoms with Crippen molar-refractivity contribution in [2.45, 2.75) is 19.4 Å². The van der Waals surface area contributed by atoms with Crippen LogP contribution >= 0.6 is 0 Å². The predicted octanol–water partition coefficient (Wildman–Crippen LogP) is 1.61. The van der Waals surface area contributed by atoms with Crippen LogP contribution in [0.15, 0.2) is 30.7 Å². The van der Waals surface area contributed by atoms with Crippen LogP contribution in [-0.4, -0.2) is 53.6 Å². The topological polar surface area (TPSA) is 151 Å². The third-order valence-electron chi connectivity index (χ3n) is 5.25. The van der Waals surface area contributed by atoms with Crippen LogP contribution in [0.4, 0.5) is 17.5 Å². The molecule has 0 aliphatic carbocycles. The van der Waals surface area contributed by atoms with E-state index in [9.17, 15) is 4.79 Å². The van der Waals surface area contributed by atoms with Crippen molar-refractivity contribution in [1.82, 2.24) is 34.5 Å². The van der Waals surface area contributed by atoms with Crippen LogP contribution in [0.2, 0.25) is 0 Å². The number of fused-ring (bicyclic) bond motifs is 5. The predicted molar refractivity (Wildman–Crippen MR) is 118 cm³/mol. The Labute approximate surface area is 182 Å². The van der Waals surface area contributed by atoms with Crippen molar-refractivity contribution in [2.75, 3.05) is 23.8 Å². The summed E-state index contributed by atoms with van der Waals surface area (Å²) >= 11 is 0. The van der Waals surface area contributed by atoms with Crippen molar-refractivity contribution < 1.29 is 9.53 Å². The highest BCUT2D eigenvalue weighted by Crippen LogP contribution is 2.31. The Morgan fingerprint density at radius 2 is 2.22 bits per heavy atom. The van der Waals surface area contributed by atoms with Crippen molar-refractivity contribution in [1.29, 1.82) is 0 Å². The summed E-state index contributed by atoms with van der Waals surface area (Å²) in [5.41, 5.74) is 6.86. The number of carbonyl (C=O) groups excluding carboxylic acids is 1. The number of nitrogens with zero attached hydrogens (tertiary/aromatic N) is 7. The van der Waals surface area contributed by atoms with Crippen molar-refractivity contribution in [2.24, 2.45) is 12.8 Å². The molecule has 0 fully saturated rings. The Morgan fingerprint density at radius 3 is 3.06 bits per heavy atom. The summed E-state index contributed by atoms with van der Waals surface area (Å²) < 4.78 is 9.64. The maximum Gasteiger partial charge on any atom is 0.236 e. The van der Waals surface area contributed by atoms with Gasteiger partial charge in [0.05, 0.1) is 36.3 Å². The number of pyridine rings is 1. The molecule has 0 aromatic carbocycles. The quantitative estimate of drug-likeness (QED) is 0.437. The Morgan fingerprint density at radius 1 is 1.34 bits per heavy atom. The van der Waals surface area contributed by atoms with Crippen LogP contribution in [0.5, 0.6) is 5.88 Å². The van der Waals surface area contributed by atoms with Gasteiger partial charge in [0.15, 0.2) is 11.6 Å². The molecule has 5 rings (SSSR count). The Bertz CT molecular complexity index is 1310. The second-order valence-electron chi connectivity index (χ2n) is 7.56. The first-order valence-electron chi connectivity index (χ1n) is 10.2. The van der Waals surface area contributed by atoms with Gasteiger partial charge in [-0.2, -0.15) is 10.2 Å². The fourth-order valence-electron chi connectivity index (χ4n) is 3.63. The minimum absolute atomic E-state index is 0.00516. The molecule has 1 aliphatic heterocycles. The number of nitrogens with two attached hydrogens (primary N) is 1. The maximum atomic E-state index is 11.3. The monoisotopic (exact) mass is 434 g/mol. The molecule has 4 aromatic heterocycles. The average molecular weight is 434 g/mol. The van der Waals surface area contributed by atoms with Gasteiger partial charge in [-0.3, -0.25) is 9.48 Å². The van der Waals surface area contributed by atoms with Crippen LogP contribution in [0.25, 0.3) is 22.3 Å². The molecule has 4 N–H and O–H groups in total. The van der Waals surface area contributed by atoms with E-state index in [1.54, 1.807) is 29.3 Å². The first-order valence-corrected chi connectivity index (χ1v) is 10.2. The highest BCUT2D eigenvalue weighted by molar-refractivity contribution is 5.92. The molecule has 12 nitrogen and oxygen atoms in total. The number of hydrogen-bond acceptors (Lipinski definition) is 9. The van der Waals surface area contributed by atoms with Gasteiger partial charge in [0, 0.05) is 31.9 Å². The van der Waals surface area contributed by atoms with Gasteiger partial charge < -0.3 is 21.1 Å². The van der Waals surface area contributed by atoms with Gasteiger partial charge in [-0.05, 0) is 13.0 Å². The third-order valence-corrected chi connectivity index (χ3v) is 5.25. The van der Waals surface area contributed by atoms with Crippen molar-refractivity contribution in [3.8, 4) is 17.3 Å². The van der Waals surface area contributed by atoms with Crippen molar-refractivity contribution in [3.05, 3.63) is 30.7 Å². The lowest BCUT2D eigenvalue weighted by atomic mass is 10.2. The zero-order valence-electron chi connectivity index (χ0n) is 17.6. The number of hydrogen-bond donors (Lipinski definition) is 3. The first-order chi connectivity index (χ1) is 15.5. The zero-order chi connectivity index (χ0) is 22.2. The molecule has 0 radical (unpaired) electrons. The van der Waals surface area contributed by atoms with E-state index in [0.717, 1.165) is 10.9 Å². The van der Waals surface area contributed by atoms with Crippen LogP contribution < -0.4 is 21.1 Å². The van der Waals surface area contributed by atoms with Gasteiger partial charge in [0.25, 0.3) is 0 Å². The molecule has 0 saturated carbocycles. The molecule has 5 heterocycles. The Kier molecular flexibility index (Phi) is 4.81. The van der Waals surface area contributed by atoms with Gasteiger partial charge in [0.1, 0.15) is 17.2 Å². The lowest BCUT2D eigenvalue weighted by Crippen LogP contribution is -2.22. The van der Waals surface area contributed by atoms with Crippen LogP contribution in [0.3, 0.4) is 0 Å². The van der Waals surface area contributed by atoms with Crippen LogP contribution in [-0.2, 0) is 11.8 Å². The van der Waals surface area contributed by atoms with Crippen molar-refractivity contribution in [3.63, 3.8) is 0 Å². The third kappa shape index (κ3) is 3.55. The van der Waals surface area contributed by atoms with E-state index < -0.39 is 5.91 Å². The number of aromatic nitrogens is 7. The molecule has 164 valence electrons. The molecule has 4 aromatic rings. The standard InChI is InChI=1S/C20H22N10O2/c1-11-4-6-32-20-13(9-25-29(20)2)18-22-5-3-16(27-18)26-17-7-14-12(8-23-17)19(28-30(11)14)24-10-15(21)31/h3,5,7-9,11H,4,6,10H2,1-2H3,(H2,21,31)(H,24,28)(H,22,23,26,27). The van der Waals surface area contributed by atoms with E-state index in [1.807, 2.05) is 17.8 Å². The fourth-order valence-corrected chi connectivity index (χ4v) is 3.63. The molecule has 12 heteroatoms. The molecule has 1 amide bonds. The van der Waals surface area contributed by atoms with Crippen LogP contribution in [0, 0.1) is 0 Å². The average Bonchev–Trinajstić information content (AvgIpc) is 3.32. The summed E-state index contributed by atoms with van der Waals surface area (Å²) in [6, 6.07) is 3.67. The second kappa shape index (κ2) is 7.80. The summed E-state index contributed by atoms with van der Waals surface area (Å²) in [5.74, 6) is 2.37. The lowest BCUT2D eigenvalue weighted by Gasteiger charge is -2.16. The number of anilines is 3. The number of carbonyl (C=O) groups is 1. The summed E-state index contributed by atoms with van der Waals surface area (Å²) in [6.07, 6.45) is 5.75. The van der Waals surface area contributed by atoms with E-state index in [-0.39, 0.29) is 12.6 Å². The molecule has 0 spiro atoms. The zero-order valence-corrected chi connectivity index (χ0v) is 17.6. The Balaban J connectivity index is 1.61. The molecular weight excluding hydrogens is 412 g/mol. The highest BCUT2D eigenvalue weighted by Gasteiger charge is 2.20. The minimum Gasteiger partial charge on any atom is -0.477 e. The van der Waals surface area contributed by atoms with Gasteiger partial charge in [-0.1, -0.05) is 0 Å². The number of primary amides is 1. The molecule has 0 saturated heterocycles. The molecule has 32 heavy (non-hydrogen) atoms. The number of aryl methyl sites for hydroxylation is 1. The smallest absolute Gasteiger partial charge is 0.236 e. The number of ether oxygens (including phenoxy) is 1. The summed E-state index contributed by atoms with van der Waals surface area (Å²) in [7, 11) is 1.82. The molecule has 4 bridgehead atoms. The number of rotatable bonds is 3. The summed E-state index contributed by atoms with van der Waals surface area (Å²) in [5, 5.41) is 16.0. The van der Waals surface area contributed by atoms with E-state index in [4.69, 9.17) is 10.5 Å². The maximum absolute atomic E-state index is 11.3. The Hall–Kier alpha value is -4.22. The van der Waals surface area contributed by atoms with Gasteiger partial charge in [0.2, 0.25) is 11.8 Å². The molecule has 1 unspecified atom stereocenters. The second-order valence-corrected chi connectivity index (χ2v) is 7.56. The van der Waals surface area contributed by atoms with Gasteiger partial charge >= 0.3 is 0 Å². The normalized spacial score (nSPS) is 15.5. The summed E-state index contributed by atoms with van der Waals surface area (Å²) in [6.45, 7) is 2.48. The lowest BCUT2D eigenvalue weighted by molar-refractivity contribution is -0.116. The van der Waals surface area contributed by atoms with E-state index in [1.165, 1.54) is 0 Å². The van der Waals surface area contributed by atoms with Crippen LogP contribution in [0.1, 0.15) is 19.4 Å². The van der Waals surface area contributed by atoms with Gasteiger partial charge in [-0.25, -0.2) is 19.6 Å². The SMILES string of the molecule is CC1CCOc2c(cnn2C)-c2nccc(n2)Nc2cc3c(cn2)c(NCC(N)=O)nn31. The molecular formula is C20H22N10O2. The van der Waals surface area contributed by atoms with Gasteiger partial charge in [-0.15, -0.1) is 0 Å². The van der Waals surface area contributed by atoms with E-state index in [0.29, 0.717) is 47.7 Å². The van der Waals surface area contributed by atoms with E-state index in [2.05, 4.69) is 42.7 Å². The summed E-state index contributed by atoms with van der Waals surface area (Å²) in [4.78, 5) is 24.7. The first kappa shape index (κ1) is 19.7. The van der Waals surface area contributed by atoms with Crippen molar-refractivity contribution >= 4 is 34.3 Å². The number of amides is 1. The highest BCUT2D eigenvalue weighted by atomic mass is 16.5. The fraction of sp³-hybridized carbons (Fsp3) is 0.300.